The maximum atomic E-state index is 13.0. The smallest absolute Gasteiger partial charge is 0.390 e. The Morgan fingerprint density at radius 1 is 1.37 bits per heavy atom. The molecule has 106 valence electrons. The van der Waals surface area contributed by atoms with Crippen molar-refractivity contribution in [3.05, 3.63) is 22.3 Å². The van der Waals surface area contributed by atoms with Crippen molar-refractivity contribution in [1.29, 1.82) is 0 Å². The van der Waals surface area contributed by atoms with Gasteiger partial charge in [-0.05, 0) is 41.8 Å². The second-order valence-corrected chi connectivity index (χ2v) is 5.92. The molecular formula is C12H14BrF3N2O. The monoisotopic (exact) mass is 338 g/mol. The minimum atomic E-state index is -4.44. The minimum Gasteiger partial charge on any atom is -0.390 e. The van der Waals surface area contributed by atoms with E-state index >= 15 is 0 Å². The molecule has 7 heteroatoms. The van der Waals surface area contributed by atoms with E-state index in [1.807, 2.05) is 0 Å². The standard InChI is InChI=1S/C12H14BrF3N2O/c1-11(19)2-4-18(5-3-11)10-9(12(14,15)16)6-8(13)7-17-10/h6-7,19H,2-5H2,1H3. The summed E-state index contributed by atoms with van der Waals surface area (Å²) in [7, 11) is 0. The molecule has 3 nitrogen and oxygen atoms in total. The van der Waals surface area contributed by atoms with Gasteiger partial charge in [-0.15, -0.1) is 0 Å². The van der Waals surface area contributed by atoms with Crippen molar-refractivity contribution in [2.45, 2.75) is 31.5 Å². The maximum Gasteiger partial charge on any atom is 0.419 e. The maximum absolute atomic E-state index is 13.0. The number of halogens is 4. The zero-order chi connectivity index (χ0) is 14.3. The van der Waals surface area contributed by atoms with Crippen LogP contribution >= 0.6 is 15.9 Å². The number of pyridine rings is 1. The van der Waals surface area contributed by atoms with Crippen LogP contribution in [0, 0.1) is 0 Å². The van der Waals surface area contributed by atoms with Crippen LogP contribution in [0.1, 0.15) is 25.3 Å². The Balaban J connectivity index is 2.30. The Hall–Kier alpha value is -0.820. The predicted octanol–water partition coefficient (Wildman–Crippen LogP) is 3.21. The quantitative estimate of drug-likeness (QED) is 0.854. The summed E-state index contributed by atoms with van der Waals surface area (Å²) in [4.78, 5) is 5.47. The second kappa shape index (κ2) is 4.94. The molecule has 2 rings (SSSR count). The van der Waals surface area contributed by atoms with Gasteiger partial charge >= 0.3 is 6.18 Å². The molecule has 1 fully saturated rings. The van der Waals surface area contributed by atoms with Crippen molar-refractivity contribution in [3.63, 3.8) is 0 Å². The summed E-state index contributed by atoms with van der Waals surface area (Å²) >= 11 is 3.01. The molecule has 0 atom stereocenters. The fraction of sp³-hybridized carbons (Fsp3) is 0.583. The lowest BCUT2D eigenvalue weighted by atomic mass is 9.93. The topological polar surface area (TPSA) is 36.4 Å². The number of hydrogen-bond acceptors (Lipinski definition) is 3. The van der Waals surface area contributed by atoms with Crippen LogP contribution in [0.3, 0.4) is 0 Å². The van der Waals surface area contributed by atoms with Gasteiger partial charge in [0.25, 0.3) is 0 Å². The highest BCUT2D eigenvalue weighted by Gasteiger charge is 2.38. The number of anilines is 1. The Morgan fingerprint density at radius 3 is 2.47 bits per heavy atom. The van der Waals surface area contributed by atoms with Gasteiger partial charge in [0, 0.05) is 23.8 Å². The van der Waals surface area contributed by atoms with Gasteiger partial charge in [0.05, 0.1) is 11.2 Å². The first-order valence-corrected chi connectivity index (χ1v) is 6.68. The number of piperidine rings is 1. The van der Waals surface area contributed by atoms with Gasteiger partial charge in [-0.3, -0.25) is 0 Å². The minimum absolute atomic E-state index is 0.0637. The molecule has 0 amide bonds. The highest BCUT2D eigenvalue weighted by molar-refractivity contribution is 9.10. The van der Waals surface area contributed by atoms with Gasteiger partial charge < -0.3 is 10.0 Å². The summed E-state index contributed by atoms with van der Waals surface area (Å²) in [5, 5.41) is 9.84. The molecule has 0 aromatic carbocycles. The summed E-state index contributed by atoms with van der Waals surface area (Å²) in [6, 6.07) is 1.04. The molecule has 1 aromatic rings. The Morgan fingerprint density at radius 2 is 1.95 bits per heavy atom. The molecule has 0 unspecified atom stereocenters. The second-order valence-electron chi connectivity index (χ2n) is 5.01. The molecule has 2 heterocycles. The van der Waals surface area contributed by atoms with Gasteiger partial charge in [-0.25, -0.2) is 4.98 Å². The molecule has 0 spiro atoms. The predicted molar refractivity (Wildman–Crippen MR) is 69.0 cm³/mol. The van der Waals surface area contributed by atoms with Gasteiger partial charge in [-0.1, -0.05) is 0 Å². The molecule has 1 aromatic heterocycles. The van der Waals surface area contributed by atoms with Crippen molar-refractivity contribution in [3.8, 4) is 0 Å². The van der Waals surface area contributed by atoms with Crippen molar-refractivity contribution in [2.24, 2.45) is 0 Å². The van der Waals surface area contributed by atoms with E-state index in [1.165, 1.54) is 6.20 Å². The third-order valence-electron chi connectivity index (χ3n) is 3.28. The van der Waals surface area contributed by atoms with E-state index in [1.54, 1.807) is 11.8 Å². The third kappa shape index (κ3) is 3.39. The van der Waals surface area contributed by atoms with Gasteiger partial charge in [-0.2, -0.15) is 13.2 Å². The highest BCUT2D eigenvalue weighted by atomic mass is 79.9. The molecule has 0 saturated carbocycles. The fourth-order valence-electron chi connectivity index (χ4n) is 2.09. The van der Waals surface area contributed by atoms with E-state index in [2.05, 4.69) is 20.9 Å². The number of aromatic nitrogens is 1. The van der Waals surface area contributed by atoms with E-state index in [0.29, 0.717) is 30.4 Å². The zero-order valence-corrected chi connectivity index (χ0v) is 11.9. The van der Waals surface area contributed by atoms with Crippen LogP contribution in [0.2, 0.25) is 0 Å². The van der Waals surface area contributed by atoms with Crippen LogP contribution < -0.4 is 4.90 Å². The van der Waals surface area contributed by atoms with E-state index in [4.69, 9.17) is 0 Å². The molecule has 1 aliphatic rings. The van der Waals surface area contributed by atoms with Crippen LogP contribution in [0.5, 0.6) is 0 Å². The van der Waals surface area contributed by atoms with E-state index in [9.17, 15) is 18.3 Å². The molecule has 1 N–H and O–H groups in total. The lowest BCUT2D eigenvalue weighted by molar-refractivity contribution is -0.137. The number of hydrogen-bond donors (Lipinski definition) is 1. The first-order chi connectivity index (χ1) is 8.69. The Kier molecular flexibility index (Phi) is 3.79. The fourth-order valence-corrected chi connectivity index (χ4v) is 2.42. The van der Waals surface area contributed by atoms with Gasteiger partial charge in [0.15, 0.2) is 0 Å². The van der Waals surface area contributed by atoms with E-state index in [-0.39, 0.29) is 5.82 Å². The van der Waals surface area contributed by atoms with Crippen LogP contribution in [0.15, 0.2) is 16.7 Å². The van der Waals surface area contributed by atoms with Crippen molar-refractivity contribution >= 4 is 21.7 Å². The molecule has 0 bridgehead atoms. The summed E-state index contributed by atoms with van der Waals surface area (Å²) in [5.74, 6) is -0.0637. The summed E-state index contributed by atoms with van der Waals surface area (Å²) in [5.41, 5.74) is -1.55. The van der Waals surface area contributed by atoms with Gasteiger partial charge in [0.2, 0.25) is 0 Å². The number of alkyl halides is 3. The van der Waals surface area contributed by atoms with Crippen molar-refractivity contribution in [2.75, 3.05) is 18.0 Å². The average molecular weight is 339 g/mol. The molecule has 0 radical (unpaired) electrons. The van der Waals surface area contributed by atoms with E-state index < -0.39 is 17.3 Å². The molecule has 1 saturated heterocycles. The van der Waals surface area contributed by atoms with E-state index in [0.717, 1.165) is 6.07 Å². The zero-order valence-electron chi connectivity index (χ0n) is 10.3. The third-order valence-corrected chi connectivity index (χ3v) is 3.71. The Labute approximate surface area is 117 Å². The van der Waals surface area contributed by atoms with Crippen molar-refractivity contribution < 1.29 is 18.3 Å². The number of nitrogens with zero attached hydrogens (tertiary/aromatic N) is 2. The van der Waals surface area contributed by atoms with Gasteiger partial charge in [0.1, 0.15) is 5.82 Å². The summed E-state index contributed by atoms with van der Waals surface area (Å²) < 4.78 is 39.3. The number of rotatable bonds is 1. The highest BCUT2D eigenvalue weighted by Crippen LogP contribution is 2.38. The lowest BCUT2D eigenvalue weighted by Crippen LogP contribution is -2.43. The lowest BCUT2D eigenvalue weighted by Gasteiger charge is -2.37. The Bertz CT molecular complexity index is 467. The van der Waals surface area contributed by atoms with Crippen LogP contribution in [-0.4, -0.2) is 28.8 Å². The first-order valence-electron chi connectivity index (χ1n) is 5.89. The largest absolute Gasteiger partial charge is 0.419 e. The molecule has 1 aliphatic heterocycles. The average Bonchev–Trinajstić information content (AvgIpc) is 2.28. The van der Waals surface area contributed by atoms with Crippen LogP contribution in [0.25, 0.3) is 0 Å². The first kappa shape index (κ1) is 14.6. The molecular weight excluding hydrogens is 325 g/mol. The SMILES string of the molecule is CC1(O)CCN(c2ncc(Br)cc2C(F)(F)F)CC1. The summed E-state index contributed by atoms with van der Waals surface area (Å²) in [6.45, 7) is 2.43. The molecule has 19 heavy (non-hydrogen) atoms. The van der Waals surface area contributed by atoms with Crippen LogP contribution in [-0.2, 0) is 6.18 Å². The summed E-state index contributed by atoms with van der Waals surface area (Å²) in [6.07, 6.45) is -2.21. The molecule has 0 aliphatic carbocycles. The van der Waals surface area contributed by atoms with Crippen LogP contribution in [0.4, 0.5) is 19.0 Å². The number of aliphatic hydroxyl groups is 1. The normalized spacial score (nSPS) is 19.6. The van der Waals surface area contributed by atoms with Crippen molar-refractivity contribution in [1.82, 2.24) is 4.98 Å².